The van der Waals surface area contributed by atoms with Crippen molar-refractivity contribution in [2.75, 3.05) is 13.7 Å². The number of benzene rings is 1. The Balaban J connectivity index is 1.23. The predicted octanol–water partition coefficient (Wildman–Crippen LogP) is 3.60. The van der Waals surface area contributed by atoms with Crippen molar-refractivity contribution in [2.24, 2.45) is 5.92 Å². The Hall–Kier alpha value is -5.19. The number of allylic oxidation sites excluding steroid dienone is 1. The molecule has 3 fully saturated rings. The first kappa shape index (κ1) is 40.0. The average molecular weight is 806 g/mol. The van der Waals surface area contributed by atoms with Gasteiger partial charge >= 0.3 is 0 Å². The van der Waals surface area contributed by atoms with Gasteiger partial charge in [-0.05, 0) is 84.4 Å². The maximum absolute atomic E-state index is 14.7. The number of hydrogen-bond acceptors (Lipinski definition) is 11. The van der Waals surface area contributed by atoms with Crippen molar-refractivity contribution in [3.8, 4) is 17.4 Å². The Kier molecular flexibility index (Phi) is 11.0. The summed E-state index contributed by atoms with van der Waals surface area (Å²) in [5.74, 6) is -1.51. The number of fused-ring (bicyclic) bond motifs is 3. The molecule has 4 N–H and O–H groups in total. The van der Waals surface area contributed by atoms with Gasteiger partial charge in [-0.15, -0.1) is 0 Å². The number of aryl methyl sites for hydroxylation is 1. The molecule has 0 unspecified atom stereocenters. The molecule has 5 atom stereocenters. The normalized spacial score (nSPS) is 26.0. The van der Waals surface area contributed by atoms with Gasteiger partial charge in [0.05, 0.1) is 30.0 Å². The van der Waals surface area contributed by atoms with Gasteiger partial charge in [-0.3, -0.25) is 29.0 Å². The number of pyridine rings is 1. The second kappa shape index (κ2) is 15.6. The van der Waals surface area contributed by atoms with Crippen LogP contribution in [0.1, 0.15) is 94.6 Å². The lowest BCUT2D eigenvalue weighted by molar-refractivity contribution is -0.141. The zero-order chi connectivity index (χ0) is 40.7. The highest BCUT2D eigenvalue weighted by Crippen LogP contribution is 2.47. The summed E-state index contributed by atoms with van der Waals surface area (Å²) in [5.41, 5.74) is 0.0170. The van der Waals surface area contributed by atoms with E-state index in [4.69, 9.17) is 19.2 Å². The second-order valence-corrected chi connectivity index (χ2v) is 18.3. The van der Waals surface area contributed by atoms with Crippen molar-refractivity contribution in [1.29, 1.82) is 0 Å². The molecule has 2 saturated carbocycles. The molecule has 306 valence electrons. The van der Waals surface area contributed by atoms with Crippen LogP contribution in [0.25, 0.3) is 10.9 Å². The van der Waals surface area contributed by atoms with E-state index in [-0.39, 0.29) is 31.2 Å². The van der Waals surface area contributed by atoms with E-state index in [1.807, 2.05) is 45.1 Å². The average Bonchev–Trinajstić information content (AvgIpc) is 3.91. The van der Waals surface area contributed by atoms with E-state index in [9.17, 15) is 27.6 Å². The zero-order valence-corrected chi connectivity index (χ0v) is 33.7. The van der Waals surface area contributed by atoms with Gasteiger partial charge in [0, 0.05) is 35.6 Å². The van der Waals surface area contributed by atoms with Gasteiger partial charge in [0.25, 0.3) is 11.8 Å². The zero-order valence-electron chi connectivity index (χ0n) is 32.9. The number of carbonyl (C=O) groups excluding carboxylic acids is 4. The Morgan fingerprint density at radius 1 is 1.09 bits per heavy atom. The first-order valence-corrected chi connectivity index (χ1v) is 21.1. The molecule has 0 spiro atoms. The van der Waals surface area contributed by atoms with Gasteiger partial charge in [-0.2, -0.15) is 5.10 Å². The predicted molar refractivity (Wildman–Crippen MR) is 209 cm³/mol. The van der Waals surface area contributed by atoms with E-state index >= 15 is 0 Å². The molecule has 1 saturated heterocycles. The first-order chi connectivity index (χ1) is 27.1. The number of hydrogen-bond donors (Lipinski definition) is 4. The lowest BCUT2D eigenvalue weighted by atomic mass is 10.0. The summed E-state index contributed by atoms with van der Waals surface area (Å²) in [6.07, 6.45) is 8.60. The van der Waals surface area contributed by atoms with Crippen molar-refractivity contribution in [3.05, 3.63) is 53.9 Å². The van der Waals surface area contributed by atoms with Gasteiger partial charge in [0.1, 0.15) is 40.9 Å². The Morgan fingerprint density at radius 3 is 2.58 bits per heavy atom. The third-order valence-electron chi connectivity index (χ3n) is 11.5. The number of sulfonamides is 1. The lowest BCUT2D eigenvalue weighted by Gasteiger charge is -2.30. The molecule has 7 rings (SSSR count). The van der Waals surface area contributed by atoms with E-state index in [2.05, 4.69) is 25.6 Å². The van der Waals surface area contributed by atoms with E-state index in [1.54, 1.807) is 20.1 Å². The molecule has 4 amide bonds. The maximum Gasteiger partial charge on any atom is 0.269 e. The van der Waals surface area contributed by atoms with E-state index < -0.39 is 68.0 Å². The highest BCUT2D eigenvalue weighted by molar-refractivity contribution is 7.91. The molecule has 2 aromatic heterocycles. The summed E-state index contributed by atoms with van der Waals surface area (Å²) in [5, 5.41) is 12.9. The van der Waals surface area contributed by atoms with Crippen LogP contribution in [0.4, 0.5) is 0 Å². The van der Waals surface area contributed by atoms with Gasteiger partial charge in [-0.25, -0.2) is 13.4 Å². The molecule has 4 aliphatic rings. The van der Waals surface area contributed by atoms with Crippen molar-refractivity contribution < 1.29 is 41.8 Å². The van der Waals surface area contributed by atoms with Crippen LogP contribution in [0.2, 0.25) is 0 Å². The fourth-order valence-corrected chi connectivity index (χ4v) is 9.03. The first-order valence-electron chi connectivity index (χ1n) is 19.6. The minimum atomic E-state index is -4.00. The number of amides is 4. The molecule has 57 heavy (non-hydrogen) atoms. The molecule has 16 nitrogen and oxygen atoms in total. The van der Waals surface area contributed by atoms with Crippen molar-refractivity contribution in [3.63, 3.8) is 0 Å². The molecular weight excluding hydrogens is 755 g/mol. The second-order valence-electron chi connectivity index (χ2n) is 16.1. The number of ether oxygens (including phenoxy) is 3. The molecule has 4 heterocycles. The fourth-order valence-electron chi connectivity index (χ4n) is 7.72. The topological polar surface area (TPSA) is 211 Å². The van der Waals surface area contributed by atoms with Gasteiger partial charge < -0.3 is 29.7 Å². The van der Waals surface area contributed by atoms with Crippen LogP contribution >= 0.6 is 0 Å². The van der Waals surface area contributed by atoms with Crippen molar-refractivity contribution >= 4 is 44.6 Å². The molecule has 2 aliphatic carbocycles. The van der Waals surface area contributed by atoms with E-state index in [0.29, 0.717) is 60.4 Å². The number of nitrogens with zero attached hydrogens (tertiary/aromatic N) is 3. The third-order valence-corrected chi connectivity index (χ3v) is 13.7. The third kappa shape index (κ3) is 8.16. The minimum absolute atomic E-state index is 0.0259. The quantitative estimate of drug-likeness (QED) is 0.218. The van der Waals surface area contributed by atoms with Crippen LogP contribution in [-0.4, -0.2) is 100 Å². The smallest absolute Gasteiger partial charge is 0.269 e. The SMILES string of the molecule is COc1ccc2c(O[C@@H]3C[C@H]4C(=O)N[C@]5(C(=O)NS(=O)(=O)C6(C)CC6)C[C@H]5C=CCCCCC[C@H](NC(=O)c5ccn[nH]5)C(=O)N4C3)cc(OC(C)C)nc2c1C. The molecular formula is C40H51N7O9S. The highest BCUT2D eigenvalue weighted by Gasteiger charge is 2.63. The number of nitrogens with one attached hydrogen (secondary N) is 4. The molecule has 3 aromatic rings. The van der Waals surface area contributed by atoms with Gasteiger partial charge in [0.15, 0.2) is 0 Å². The molecule has 1 aromatic carbocycles. The Bertz CT molecular complexity index is 2190. The van der Waals surface area contributed by atoms with Gasteiger partial charge in [0.2, 0.25) is 27.7 Å². The lowest BCUT2D eigenvalue weighted by Crippen LogP contribution is -2.58. The summed E-state index contributed by atoms with van der Waals surface area (Å²) in [7, 11) is -2.43. The highest BCUT2D eigenvalue weighted by atomic mass is 32.2. The maximum atomic E-state index is 14.7. The largest absolute Gasteiger partial charge is 0.496 e. The summed E-state index contributed by atoms with van der Waals surface area (Å²) >= 11 is 0. The van der Waals surface area contributed by atoms with Crippen LogP contribution in [0.5, 0.6) is 17.4 Å². The van der Waals surface area contributed by atoms with Crippen LogP contribution in [0.15, 0.2) is 42.6 Å². The standard InChI is InChI=1S/C40H51N7O9S/c1-23(2)55-33-20-32(27-13-14-31(54-5)24(3)34(27)43-33)56-26-19-30-36(49)44-40(38(51)46-57(52,53)39(4)16-17-39)21-25(40)11-9-7-6-8-10-12-29(37(50)47(30)22-26)42-35(48)28-15-18-41-45-28/h9,11,13-15,18,20,23,25-26,29-30H,6-8,10,12,16-17,19,21-22H2,1-5H3,(H,41,45)(H,42,48)(H,44,49)(H,46,51)/t25-,26-,29+,30+,40-/m1/s1. The van der Waals surface area contributed by atoms with Gasteiger partial charge in [-0.1, -0.05) is 25.0 Å². The monoisotopic (exact) mass is 805 g/mol. The van der Waals surface area contributed by atoms with Crippen molar-refractivity contribution in [2.45, 2.75) is 120 Å². The van der Waals surface area contributed by atoms with Crippen molar-refractivity contribution in [1.82, 2.24) is 35.4 Å². The summed E-state index contributed by atoms with van der Waals surface area (Å²) < 4.78 is 45.8. The molecule has 17 heteroatoms. The fraction of sp³-hybridized carbons (Fsp3) is 0.550. The molecule has 2 aliphatic heterocycles. The van der Waals surface area contributed by atoms with E-state index in [0.717, 1.165) is 18.4 Å². The van der Waals surface area contributed by atoms with Crippen LogP contribution < -0.4 is 29.6 Å². The summed E-state index contributed by atoms with van der Waals surface area (Å²) in [6.45, 7) is 7.21. The number of aromatic amines is 1. The summed E-state index contributed by atoms with van der Waals surface area (Å²) in [4.78, 5) is 62.6. The van der Waals surface area contributed by atoms with Crippen LogP contribution in [0, 0.1) is 12.8 Å². The number of rotatable bonds is 10. The number of carbonyl (C=O) groups is 4. The Morgan fingerprint density at radius 2 is 1.88 bits per heavy atom. The summed E-state index contributed by atoms with van der Waals surface area (Å²) in [6, 6.07) is 4.70. The Labute approximate surface area is 331 Å². The van der Waals surface area contributed by atoms with Crippen LogP contribution in [0.3, 0.4) is 0 Å². The molecule has 0 radical (unpaired) electrons. The number of H-pyrrole nitrogens is 1. The van der Waals surface area contributed by atoms with E-state index in [1.165, 1.54) is 17.2 Å². The number of methoxy groups -OCH3 is 1. The molecule has 0 bridgehead atoms. The number of aromatic nitrogens is 3. The minimum Gasteiger partial charge on any atom is -0.496 e. The van der Waals surface area contributed by atoms with Crippen LogP contribution in [-0.2, 0) is 24.4 Å².